The van der Waals surface area contributed by atoms with E-state index in [1.807, 2.05) is 24.4 Å². The van der Waals surface area contributed by atoms with Gasteiger partial charge in [-0.2, -0.15) is 13.2 Å². The number of ketones is 1. The number of Topliss-reactive ketones (excluding diaryl/α,β-unsaturated/α-hetero) is 1. The van der Waals surface area contributed by atoms with E-state index in [1.165, 1.54) is 12.1 Å². The monoisotopic (exact) mass is 834 g/mol. The molecule has 2 aromatic heterocycles. The number of hydrogen-bond donors (Lipinski definition) is 2. The number of likely N-dealkylation sites (tertiary alicyclic amines) is 1. The van der Waals surface area contributed by atoms with Gasteiger partial charge in [-0.1, -0.05) is 11.6 Å². The summed E-state index contributed by atoms with van der Waals surface area (Å²) < 4.78 is 50.2. The Morgan fingerprint density at radius 3 is 2.53 bits per heavy atom. The van der Waals surface area contributed by atoms with Crippen LogP contribution in [0, 0.1) is 11.8 Å². The summed E-state index contributed by atoms with van der Waals surface area (Å²) in [4.78, 5) is 57.9. The highest BCUT2D eigenvalue weighted by atomic mass is 35.5. The van der Waals surface area contributed by atoms with Crippen LogP contribution in [-0.2, 0) is 32.3 Å². The third-order valence-electron chi connectivity index (χ3n) is 12.1. The topological polar surface area (TPSA) is 126 Å². The van der Waals surface area contributed by atoms with Crippen LogP contribution in [0.5, 0.6) is 0 Å². The van der Waals surface area contributed by atoms with Crippen LogP contribution in [0.2, 0.25) is 0 Å². The standard InChI is InChI=1S/C44H50ClF3N6O5/c1-52-26-36(34-9-13-49-24-35(34)43(52)58)29-20-33(59-2)21-30(38(45)22-29)18-27-4-3-14-53(15-10-27)25-32(55)19-28-11-16-54(17-12-28)40-7-5-31(23-37(40)44(46,47)48)50-39-6-8-41(56)51-42(39)57/h5,7,9,13,20,22-24,26-28,39,50H,3-4,6,8,10-12,14-19,21,25H2,1-2H3,(H,51,56,57). The van der Waals surface area contributed by atoms with Gasteiger partial charge in [0.15, 0.2) is 0 Å². The molecule has 0 saturated carbocycles. The Bertz CT molecular complexity index is 2260. The van der Waals surface area contributed by atoms with E-state index >= 15 is 0 Å². The quantitative estimate of drug-likeness (QED) is 0.191. The number of nitrogens with zero attached hydrogens (tertiary/aromatic N) is 4. The lowest BCUT2D eigenvalue weighted by Gasteiger charge is -2.35. The van der Waals surface area contributed by atoms with Gasteiger partial charge in [0.25, 0.3) is 5.56 Å². The van der Waals surface area contributed by atoms with Crippen LogP contribution < -0.4 is 21.1 Å². The fourth-order valence-electron chi connectivity index (χ4n) is 8.91. The summed E-state index contributed by atoms with van der Waals surface area (Å²) >= 11 is 7.05. The third-order valence-corrected chi connectivity index (χ3v) is 12.5. The zero-order valence-electron chi connectivity index (χ0n) is 33.4. The van der Waals surface area contributed by atoms with Crippen molar-refractivity contribution >= 4 is 56.9 Å². The van der Waals surface area contributed by atoms with Crippen LogP contribution in [0.3, 0.4) is 0 Å². The SMILES string of the molecule is COC1=CC(c2cn(C)c(=O)c3cnccc23)=CC(Cl)=C(CC2CCCN(CC(=O)CC3CCN(c4ccc(NC5CCC(=O)NC5=O)cc4C(F)(F)F)CC3)CC2)C1. The fourth-order valence-corrected chi connectivity index (χ4v) is 9.17. The fraction of sp³-hybridized carbons (Fsp3) is 0.477. The van der Waals surface area contributed by atoms with Crippen molar-refractivity contribution in [2.45, 2.75) is 76.4 Å². The average molecular weight is 835 g/mol. The Labute approximate surface area is 346 Å². The highest BCUT2D eigenvalue weighted by molar-refractivity contribution is 6.32. The van der Waals surface area contributed by atoms with Crippen molar-refractivity contribution in [3.8, 4) is 0 Å². The molecular formula is C44H50ClF3N6O5. The van der Waals surface area contributed by atoms with E-state index in [9.17, 15) is 32.3 Å². The zero-order valence-corrected chi connectivity index (χ0v) is 34.1. The number of halogens is 4. The molecule has 1 aromatic carbocycles. The smallest absolute Gasteiger partial charge is 0.418 e. The molecule has 2 N–H and O–H groups in total. The summed E-state index contributed by atoms with van der Waals surface area (Å²) in [5, 5.41) is 7.05. The minimum absolute atomic E-state index is 0.0812. The Hall–Kier alpha value is -4.95. The maximum absolute atomic E-state index is 14.3. The van der Waals surface area contributed by atoms with Gasteiger partial charge >= 0.3 is 6.18 Å². The largest absolute Gasteiger partial charge is 0.501 e. The lowest BCUT2D eigenvalue weighted by atomic mass is 9.90. The highest BCUT2D eigenvalue weighted by Crippen LogP contribution is 2.41. The van der Waals surface area contributed by atoms with Gasteiger partial charge in [-0.15, -0.1) is 0 Å². The normalized spacial score (nSPS) is 21.4. The van der Waals surface area contributed by atoms with Crippen molar-refractivity contribution in [2.75, 3.05) is 50.1 Å². The molecule has 3 aliphatic heterocycles. The molecule has 3 fully saturated rings. The van der Waals surface area contributed by atoms with Crippen LogP contribution in [0.1, 0.15) is 75.3 Å². The van der Waals surface area contributed by atoms with Gasteiger partial charge < -0.3 is 19.5 Å². The lowest BCUT2D eigenvalue weighted by Crippen LogP contribution is -2.47. The molecule has 11 nitrogen and oxygen atoms in total. The van der Waals surface area contributed by atoms with Gasteiger partial charge in [0.1, 0.15) is 17.6 Å². The van der Waals surface area contributed by atoms with E-state index in [4.69, 9.17) is 16.3 Å². The summed E-state index contributed by atoms with van der Waals surface area (Å²) in [6, 6.07) is 5.05. The predicted molar refractivity (Wildman–Crippen MR) is 222 cm³/mol. The first kappa shape index (κ1) is 42.2. The number of nitrogens with one attached hydrogen (secondary N) is 2. The first-order valence-electron chi connectivity index (χ1n) is 20.3. The summed E-state index contributed by atoms with van der Waals surface area (Å²) in [7, 11) is 3.38. The second kappa shape index (κ2) is 18.1. The van der Waals surface area contributed by atoms with E-state index in [1.54, 1.807) is 36.0 Å². The molecule has 3 saturated heterocycles. The van der Waals surface area contributed by atoms with Crippen molar-refractivity contribution in [1.82, 2.24) is 19.8 Å². The molecule has 0 spiro atoms. The van der Waals surface area contributed by atoms with Gasteiger partial charge in [0, 0.05) is 80.0 Å². The lowest BCUT2D eigenvalue weighted by molar-refractivity contribution is -0.137. The van der Waals surface area contributed by atoms with Gasteiger partial charge in [0.05, 0.1) is 24.6 Å². The summed E-state index contributed by atoms with van der Waals surface area (Å²) in [5.41, 5.74) is 2.14. The van der Waals surface area contributed by atoms with Crippen molar-refractivity contribution in [1.29, 1.82) is 0 Å². The minimum Gasteiger partial charge on any atom is -0.501 e. The molecule has 4 aliphatic rings. The Balaban J connectivity index is 0.920. The zero-order chi connectivity index (χ0) is 41.8. The molecule has 314 valence electrons. The van der Waals surface area contributed by atoms with Crippen LogP contribution in [-0.4, -0.2) is 77.9 Å². The number of allylic oxidation sites excluding steroid dienone is 5. The molecule has 0 bridgehead atoms. The number of pyridine rings is 2. The molecule has 15 heteroatoms. The number of hydrogen-bond acceptors (Lipinski definition) is 9. The number of amides is 2. The average Bonchev–Trinajstić information content (AvgIpc) is 3.52. The number of anilines is 2. The minimum atomic E-state index is -4.61. The third kappa shape index (κ3) is 10.1. The van der Waals surface area contributed by atoms with E-state index in [2.05, 4.69) is 20.5 Å². The molecule has 7 rings (SSSR count). The molecule has 2 amide bonds. The van der Waals surface area contributed by atoms with Crippen LogP contribution in [0.15, 0.2) is 76.2 Å². The van der Waals surface area contributed by atoms with E-state index in [0.717, 1.165) is 72.7 Å². The van der Waals surface area contributed by atoms with Gasteiger partial charge in [-0.05, 0) is 123 Å². The van der Waals surface area contributed by atoms with Crippen molar-refractivity contribution in [3.63, 3.8) is 0 Å². The number of aryl methyl sites for hydroxylation is 1. The number of piperidine rings is 2. The Morgan fingerprint density at radius 2 is 1.78 bits per heavy atom. The number of ether oxygens (including phenoxy) is 1. The van der Waals surface area contributed by atoms with Gasteiger partial charge in [0.2, 0.25) is 11.8 Å². The number of rotatable bonds is 11. The number of benzene rings is 1. The molecule has 1 aliphatic carbocycles. The second-order valence-corrected chi connectivity index (χ2v) is 16.7. The number of carbonyl (C=O) groups excluding carboxylic acids is 3. The number of alkyl halides is 3. The summed E-state index contributed by atoms with van der Waals surface area (Å²) in [6.45, 7) is 2.79. The summed E-state index contributed by atoms with van der Waals surface area (Å²) in [5.74, 6) is 0.469. The van der Waals surface area contributed by atoms with E-state index < -0.39 is 29.6 Å². The Kier molecular flexibility index (Phi) is 13.0. The Morgan fingerprint density at radius 1 is 1.00 bits per heavy atom. The van der Waals surface area contributed by atoms with Crippen LogP contribution >= 0.6 is 11.6 Å². The van der Waals surface area contributed by atoms with Gasteiger partial charge in [-0.25, -0.2) is 0 Å². The molecular weight excluding hydrogens is 785 g/mol. The second-order valence-electron chi connectivity index (χ2n) is 16.3. The van der Waals surface area contributed by atoms with Crippen LogP contribution in [0.25, 0.3) is 16.3 Å². The number of methoxy groups -OCH3 is 1. The van der Waals surface area contributed by atoms with Crippen molar-refractivity contribution in [3.05, 3.63) is 92.9 Å². The number of imide groups is 1. The van der Waals surface area contributed by atoms with Crippen molar-refractivity contribution < 1.29 is 32.3 Å². The first-order valence-corrected chi connectivity index (χ1v) is 20.7. The summed E-state index contributed by atoms with van der Waals surface area (Å²) in [6.07, 6.45) is 10.6. The first-order chi connectivity index (χ1) is 28.2. The maximum Gasteiger partial charge on any atom is 0.418 e. The highest BCUT2D eigenvalue weighted by Gasteiger charge is 2.37. The molecule has 59 heavy (non-hydrogen) atoms. The maximum atomic E-state index is 14.3. The molecule has 2 unspecified atom stereocenters. The molecule has 3 aromatic rings. The van der Waals surface area contributed by atoms with E-state index in [0.29, 0.717) is 61.7 Å². The number of fused-ring (bicyclic) bond motifs is 1. The van der Waals surface area contributed by atoms with Crippen molar-refractivity contribution in [2.24, 2.45) is 18.9 Å². The number of aromatic nitrogens is 2. The number of carbonyl (C=O) groups is 3. The molecule has 2 atom stereocenters. The van der Waals surface area contributed by atoms with Gasteiger partial charge in [-0.3, -0.25) is 34.4 Å². The predicted octanol–water partition coefficient (Wildman–Crippen LogP) is 7.35. The molecule has 5 heterocycles. The van der Waals surface area contributed by atoms with E-state index in [-0.39, 0.29) is 41.5 Å². The van der Waals surface area contributed by atoms with Crippen LogP contribution in [0.4, 0.5) is 24.5 Å². The molecule has 0 radical (unpaired) electrons.